The van der Waals surface area contributed by atoms with Crippen LogP contribution in [-0.4, -0.2) is 214 Å². The first-order valence-electron chi connectivity index (χ1n) is 43.3. The number of rotatable bonds is 15. The Labute approximate surface area is 845 Å². The van der Waals surface area contributed by atoms with E-state index in [0.29, 0.717) is 56.3 Å². The fourth-order valence-electron chi connectivity index (χ4n) is 14.9. The number of carbonyl (C=O) groups excluding carboxylic acids is 5. The molecule has 10 heterocycles. The van der Waals surface area contributed by atoms with E-state index in [1.54, 1.807) is 95.3 Å². The number of sulfonamides is 5. The number of nitriles is 5. The molecule has 15 N–H and O–H groups in total. The third-order valence-corrected chi connectivity index (χ3v) is 30.1. The highest BCUT2D eigenvalue weighted by Gasteiger charge is 2.44. The molecule has 0 fully saturated rings. The Morgan fingerprint density at radius 2 is 0.483 bits per heavy atom. The summed E-state index contributed by atoms with van der Waals surface area (Å²) in [5, 5.41) is 109. The smallest absolute Gasteiger partial charge is 0.276 e. The lowest BCUT2D eigenvalue weighted by Crippen LogP contribution is -2.45. The standard InChI is InChI=1S/2C20H20N4O5S.3C19H18N4O5S/c2*1-4-5-16(25)15-11-29-19-17(30(27,28)23-15)10-24(3)18(19)20(26)22-14-7-6-12(2)13(8-14)9-21;3*1-4-15(24)14-10-28-18-16(29(26,27)22-14)9-23(3)17(18)19(25)21-13-6-5-11(2)12(7-13)8-20/h2*6-8,10,15-16,23,25H,11H2,1-3H3,(H,22,26);3*1,5-7,9,14-15,22,24H,10H2,2-3H3,(H,21,25)/t15-,16+;15-,16-;14-,15+;2*14-,15-/m11010/s1. The molecule has 0 spiro atoms. The number of nitrogens with one attached hydrogen (secondary N) is 10. The molecule has 5 amide bonds. The van der Waals surface area contributed by atoms with Crippen LogP contribution in [0.15, 0.2) is 146 Å². The van der Waals surface area contributed by atoms with Gasteiger partial charge in [0.2, 0.25) is 50.1 Å². The number of fused-ring (bicyclic) bond motifs is 5. The number of aliphatic hydroxyl groups is 5. The molecule has 10 atom stereocenters. The summed E-state index contributed by atoms with van der Waals surface area (Å²) < 4.78 is 173. The zero-order valence-electron chi connectivity index (χ0n) is 80.0. The highest BCUT2D eigenvalue weighted by atomic mass is 32.2. The van der Waals surface area contributed by atoms with Crippen LogP contribution in [0.3, 0.4) is 0 Å². The lowest BCUT2D eigenvalue weighted by Gasteiger charge is -2.17. The predicted molar refractivity (Wildman–Crippen MR) is 528 cm³/mol. The second-order valence-corrected chi connectivity index (χ2v) is 41.5. The Hall–Kier alpha value is -16.6. The number of aromatic nitrogens is 5. The maximum atomic E-state index is 12.9. The Balaban J connectivity index is 0.000000175. The van der Waals surface area contributed by atoms with Gasteiger partial charge in [-0.15, -0.1) is 31.1 Å². The van der Waals surface area contributed by atoms with Crippen LogP contribution in [-0.2, 0) is 85.4 Å². The Morgan fingerprint density at radius 1 is 0.320 bits per heavy atom. The van der Waals surface area contributed by atoms with Crippen molar-refractivity contribution in [2.75, 3.05) is 59.6 Å². The van der Waals surface area contributed by atoms with Gasteiger partial charge in [0.25, 0.3) is 29.5 Å². The molecule has 5 aliphatic heterocycles. The van der Waals surface area contributed by atoms with Gasteiger partial charge in [-0.2, -0.15) is 26.3 Å². The number of ether oxygens (including phenoxy) is 5. The predicted octanol–water partition coefficient (Wildman–Crippen LogP) is 3.23. The lowest BCUT2D eigenvalue weighted by atomic mass is 10.1. The molecule has 50 heteroatoms. The van der Waals surface area contributed by atoms with E-state index in [4.69, 9.17) is 69.3 Å². The van der Waals surface area contributed by atoms with Crippen LogP contribution in [0.2, 0.25) is 0 Å². The molecule has 5 aromatic heterocycles. The van der Waals surface area contributed by atoms with Crippen molar-refractivity contribution >= 4 is 108 Å². The summed E-state index contributed by atoms with van der Waals surface area (Å²) >= 11 is 0. The van der Waals surface area contributed by atoms with Crippen molar-refractivity contribution in [1.29, 1.82) is 26.3 Å². The van der Waals surface area contributed by atoms with Crippen molar-refractivity contribution in [1.82, 2.24) is 46.4 Å². The van der Waals surface area contributed by atoms with Gasteiger partial charge >= 0.3 is 0 Å². The number of aryl methyl sites for hydroxylation is 10. The van der Waals surface area contributed by atoms with Gasteiger partial charge in [0, 0.05) is 94.7 Å². The highest BCUT2D eigenvalue weighted by Crippen LogP contribution is 2.40. The first kappa shape index (κ1) is 111. The third kappa shape index (κ3) is 24.9. The van der Waals surface area contributed by atoms with E-state index in [2.05, 4.69) is 91.6 Å². The van der Waals surface area contributed by atoms with Gasteiger partial charge in [-0.1, -0.05) is 59.9 Å². The minimum Gasteiger partial charge on any atom is -0.488 e. The highest BCUT2D eigenvalue weighted by molar-refractivity contribution is 7.90. The van der Waals surface area contributed by atoms with Crippen LogP contribution >= 0.6 is 0 Å². The first-order chi connectivity index (χ1) is 69.4. The fraction of sp³-hybridized carbons (Fsp3) is 0.278. The van der Waals surface area contributed by atoms with E-state index >= 15 is 0 Å². The lowest BCUT2D eigenvalue weighted by molar-refractivity contribution is 0.0999. The van der Waals surface area contributed by atoms with E-state index in [-0.39, 0.29) is 115 Å². The summed E-state index contributed by atoms with van der Waals surface area (Å²) in [7, 11) is -12.8. The van der Waals surface area contributed by atoms with Gasteiger partial charge in [-0.3, -0.25) is 24.0 Å². The van der Waals surface area contributed by atoms with Crippen molar-refractivity contribution in [3.8, 4) is 120 Å². The summed E-state index contributed by atoms with van der Waals surface area (Å²) in [6.45, 7) is 10.7. The van der Waals surface area contributed by atoms with Crippen molar-refractivity contribution < 1.29 is 115 Å². The van der Waals surface area contributed by atoms with E-state index in [9.17, 15) is 91.6 Å². The summed E-state index contributed by atoms with van der Waals surface area (Å²) in [4.78, 5) is 63.3. The number of carbonyl (C=O) groups is 5. The number of anilines is 5. The molecule has 0 bridgehead atoms. The Kier molecular flexibility index (Phi) is 34.7. The molecule has 5 aliphatic rings. The average molecular weight is 2100 g/mol. The quantitative estimate of drug-likeness (QED) is 0.0655. The number of hydrogen-bond acceptors (Lipinski definition) is 30. The minimum atomic E-state index is -4.08. The average Bonchev–Trinajstić information content (AvgIpc) is 1.63. The maximum Gasteiger partial charge on any atom is 0.276 e. The SMILES string of the molecule is C#C[C@@H](O)[C@@H]1COc2c(cn(C)c2C(=O)Nc2ccc(C)c(C#N)c2)S(=O)(=O)N1.C#C[C@@H](O)[C@H]1COc2c(cn(C)c2C(=O)Nc2ccc(C)c(C#N)c2)S(=O)(=O)N1.C#C[C@H](O)[C@@H]1COc2c(cn(C)c2C(=O)Nc2ccc(C)c(C#N)c2)S(=O)(=O)N1.CC#C[C@@H](O)[C@H]1COc2c(cn(C)c2C(=O)Nc2ccc(C)c(C#N)c2)S(=O)(=O)N1.CC#C[C@H](O)[C@H]1COc2c(cn(C)c2C(=O)Nc2ccc(C)c(C#N)c2)S(=O)(=O)N1. The normalized spacial score (nSPS) is 18.1. The van der Waals surface area contributed by atoms with Crippen LogP contribution in [0.25, 0.3) is 0 Å². The number of hydrogen-bond donors (Lipinski definition) is 15. The molecule has 0 unspecified atom stereocenters. The zero-order chi connectivity index (χ0) is 108. The first-order valence-corrected chi connectivity index (χ1v) is 50.8. The van der Waals surface area contributed by atoms with Gasteiger partial charge in [0.05, 0.1) is 88.4 Å². The molecule has 147 heavy (non-hydrogen) atoms. The molecule has 0 saturated heterocycles. The van der Waals surface area contributed by atoms with Gasteiger partial charge in [-0.05, 0) is 137 Å². The number of amides is 5. The van der Waals surface area contributed by atoms with E-state index < -0.39 is 140 Å². The van der Waals surface area contributed by atoms with E-state index in [1.807, 2.05) is 30.3 Å². The zero-order valence-corrected chi connectivity index (χ0v) is 84.1. The van der Waals surface area contributed by atoms with Crippen molar-refractivity contribution in [2.45, 2.75) is 134 Å². The number of benzene rings is 5. The number of terminal acetylenes is 3. The monoisotopic (exact) mass is 2100 g/mol. The van der Waals surface area contributed by atoms with Crippen LogP contribution in [0.1, 0.15) is 122 Å². The van der Waals surface area contributed by atoms with Gasteiger partial charge in [0.1, 0.15) is 88.0 Å². The number of nitrogens with zero attached hydrogens (tertiary/aromatic N) is 10. The Morgan fingerprint density at radius 3 is 0.633 bits per heavy atom. The summed E-state index contributed by atoms with van der Waals surface area (Å²) in [5.41, 5.74) is 7.66. The minimum absolute atomic E-state index is 0.00817. The third-order valence-electron chi connectivity index (χ3n) is 22.7. The molecule has 10 aromatic rings. The van der Waals surface area contributed by atoms with Crippen molar-refractivity contribution in [3.63, 3.8) is 0 Å². The second-order valence-electron chi connectivity index (χ2n) is 33.1. The maximum absolute atomic E-state index is 12.9. The molecule has 0 saturated carbocycles. The van der Waals surface area contributed by atoms with Crippen molar-refractivity contribution in [3.05, 3.63) is 206 Å². The van der Waals surface area contributed by atoms with Crippen LogP contribution in [0, 0.1) is 152 Å². The molecule has 15 rings (SSSR count). The van der Waals surface area contributed by atoms with Gasteiger partial charge < -0.3 is 98.6 Å². The second kappa shape index (κ2) is 46.0. The largest absolute Gasteiger partial charge is 0.488 e. The molecular weight excluding hydrogens is 2010 g/mol. The molecule has 0 aliphatic carbocycles. The van der Waals surface area contributed by atoms with Gasteiger partial charge in [-0.25, -0.2) is 65.7 Å². The van der Waals surface area contributed by atoms with Gasteiger partial charge in [0.15, 0.2) is 57.2 Å². The fourth-order valence-corrected chi connectivity index (χ4v) is 22.0. The van der Waals surface area contributed by atoms with Crippen LogP contribution in [0.5, 0.6) is 28.7 Å². The summed E-state index contributed by atoms with van der Waals surface area (Å²) in [5.74, 6) is 12.5. The van der Waals surface area contributed by atoms with E-state index in [1.165, 1.54) is 133 Å². The number of aliphatic hydroxyl groups excluding tert-OH is 5. The molecule has 5 aromatic carbocycles. The summed E-state index contributed by atoms with van der Waals surface area (Å²) in [6, 6.07) is 29.3. The molecular formula is C97H94N20O25S5. The molecule has 0 radical (unpaired) electrons. The van der Waals surface area contributed by atoms with Crippen molar-refractivity contribution in [2.24, 2.45) is 35.2 Å². The van der Waals surface area contributed by atoms with Crippen LogP contribution in [0.4, 0.5) is 28.4 Å². The van der Waals surface area contributed by atoms with E-state index in [0.717, 1.165) is 27.8 Å². The Bertz CT molecular complexity index is 7490. The summed E-state index contributed by atoms with van der Waals surface area (Å²) in [6.07, 6.45) is 15.0. The topological polar surface area (TPSA) is 667 Å². The molecule has 762 valence electrons. The molecule has 45 nitrogen and oxygen atoms in total. The van der Waals surface area contributed by atoms with Crippen LogP contribution < -0.4 is 73.9 Å².